The molecule has 3 aromatic rings. The first-order valence-electron chi connectivity index (χ1n) is 10.7. The Hall–Kier alpha value is -3.47. The summed E-state index contributed by atoms with van der Waals surface area (Å²) in [5.41, 5.74) is 3.78. The number of methoxy groups -OCH3 is 1. The second-order valence-electron chi connectivity index (χ2n) is 7.91. The van der Waals surface area contributed by atoms with Crippen molar-refractivity contribution in [1.82, 2.24) is 19.9 Å². The Morgan fingerprint density at radius 3 is 2.66 bits per heavy atom. The van der Waals surface area contributed by atoms with Crippen molar-refractivity contribution in [1.29, 1.82) is 0 Å². The van der Waals surface area contributed by atoms with Crippen LogP contribution >= 0.6 is 0 Å². The molecule has 1 aromatic carbocycles. The molecule has 32 heavy (non-hydrogen) atoms. The second kappa shape index (κ2) is 10.2. The van der Waals surface area contributed by atoms with Gasteiger partial charge < -0.3 is 14.8 Å². The third kappa shape index (κ3) is 5.61. The van der Waals surface area contributed by atoms with Crippen LogP contribution in [0.4, 0.5) is 0 Å². The van der Waals surface area contributed by atoms with Gasteiger partial charge in [-0.25, -0.2) is 9.97 Å². The van der Waals surface area contributed by atoms with Crippen LogP contribution in [0.15, 0.2) is 53.7 Å². The van der Waals surface area contributed by atoms with Crippen LogP contribution in [0.25, 0.3) is 0 Å². The standard InChI is InChI=1S/C25H26N4O3/c1-32-22-12-13-29(16-22)15-20-7-10-21(26-14-20)9-6-18-2-4-19(5-3-18)8-11-23-24(30)25(31)28-17-27-23/h2-5,7,10,14,17,22,30H,8,11-13,15-16H2,1H3,(H,27,28,31). The van der Waals surface area contributed by atoms with Gasteiger partial charge in [-0.15, -0.1) is 0 Å². The lowest BCUT2D eigenvalue weighted by Crippen LogP contribution is -2.22. The van der Waals surface area contributed by atoms with Crippen LogP contribution in [0, 0.1) is 11.8 Å². The Kier molecular flexibility index (Phi) is 6.95. The Labute approximate surface area is 187 Å². The lowest BCUT2D eigenvalue weighted by atomic mass is 10.1. The fraction of sp³-hybridized carbons (Fsp3) is 0.320. The van der Waals surface area contributed by atoms with Crippen molar-refractivity contribution in [2.45, 2.75) is 31.9 Å². The maximum absolute atomic E-state index is 11.4. The average Bonchev–Trinajstić information content (AvgIpc) is 3.28. The SMILES string of the molecule is COC1CCN(Cc2ccc(C#Cc3ccc(CCc4nc[nH]c(=O)c4O)cc3)nc2)C1. The molecule has 3 heterocycles. The summed E-state index contributed by atoms with van der Waals surface area (Å²) < 4.78 is 5.42. The van der Waals surface area contributed by atoms with Crippen LogP contribution < -0.4 is 5.56 Å². The van der Waals surface area contributed by atoms with Crippen molar-refractivity contribution >= 4 is 0 Å². The van der Waals surface area contributed by atoms with Crippen molar-refractivity contribution in [3.8, 4) is 17.6 Å². The zero-order valence-corrected chi connectivity index (χ0v) is 18.0. The molecule has 0 bridgehead atoms. The molecule has 7 heteroatoms. The van der Waals surface area contributed by atoms with Gasteiger partial charge in [0, 0.05) is 38.5 Å². The third-order valence-electron chi connectivity index (χ3n) is 5.64. The van der Waals surface area contributed by atoms with E-state index < -0.39 is 5.56 Å². The number of aromatic hydroxyl groups is 1. The van der Waals surface area contributed by atoms with E-state index in [4.69, 9.17) is 4.74 Å². The molecule has 1 atom stereocenters. The van der Waals surface area contributed by atoms with E-state index in [0.717, 1.165) is 42.9 Å². The van der Waals surface area contributed by atoms with Crippen molar-refractivity contribution in [2.24, 2.45) is 0 Å². The maximum atomic E-state index is 11.4. The summed E-state index contributed by atoms with van der Waals surface area (Å²) in [6, 6.07) is 11.9. The molecule has 1 saturated heterocycles. The topological polar surface area (TPSA) is 91.3 Å². The highest BCUT2D eigenvalue weighted by atomic mass is 16.5. The van der Waals surface area contributed by atoms with Gasteiger partial charge in [-0.3, -0.25) is 9.69 Å². The molecule has 0 radical (unpaired) electrons. The lowest BCUT2D eigenvalue weighted by molar-refractivity contribution is 0.107. The summed E-state index contributed by atoms with van der Waals surface area (Å²) in [5.74, 6) is 5.95. The number of aryl methyl sites for hydroxylation is 2. The van der Waals surface area contributed by atoms with Crippen molar-refractivity contribution in [3.63, 3.8) is 0 Å². The second-order valence-corrected chi connectivity index (χ2v) is 7.91. The van der Waals surface area contributed by atoms with Gasteiger partial charge in [-0.05, 0) is 54.5 Å². The number of benzene rings is 1. The minimum atomic E-state index is -0.516. The number of hydrogen-bond acceptors (Lipinski definition) is 6. The summed E-state index contributed by atoms with van der Waals surface area (Å²) in [6.07, 6.45) is 5.78. The van der Waals surface area contributed by atoms with E-state index in [1.165, 1.54) is 11.9 Å². The number of pyridine rings is 1. The minimum absolute atomic E-state index is 0.312. The highest BCUT2D eigenvalue weighted by molar-refractivity contribution is 5.41. The van der Waals surface area contributed by atoms with Crippen LogP contribution in [-0.2, 0) is 24.1 Å². The zero-order valence-electron chi connectivity index (χ0n) is 18.0. The fourth-order valence-electron chi connectivity index (χ4n) is 3.75. The number of aromatic amines is 1. The van der Waals surface area contributed by atoms with E-state index in [-0.39, 0.29) is 5.75 Å². The quantitative estimate of drug-likeness (QED) is 0.583. The lowest BCUT2D eigenvalue weighted by Gasteiger charge is -2.15. The molecule has 2 aromatic heterocycles. The number of aromatic nitrogens is 3. The van der Waals surface area contributed by atoms with Crippen molar-refractivity contribution < 1.29 is 9.84 Å². The van der Waals surface area contributed by atoms with Gasteiger partial charge in [0.2, 0.25) is 5.75 Å². The molecule has 0 aliphatic carbocycles. The Bertz CT molecular complexity index is 1160. The van der Waals surface area contributed by atoms with Crippen LogP contribution in [0.5, 0.6) is 5.75 Å². The van der Waals surface area contributed by atoms with Crippen LogP contribution in [0.2, 0.25) is 0 Å². The molecule has 1 aliphatic rings. The zero-order chi connectivity index (χ0) is 22.3. The van der Waals surface area contributed by atoms with Crippen LogP contribution in [-0.4, -0.2) is 51.3 Å². The van der Waals surface area contributed by atoms with E-state index in [0.29, 0.717) is 24.6 Å². The number of H-pyrrole nitrogens is 1. The van der Waals surface area contributed by atoms with E-state index in [9.17, 15) is 9.90 Å². The van der Waals surface area contributed by atoms with E-state index in [1.807, 2.05) is 36.5 Å². The molecule has 0 spiro atoms. The van der Waals surface area contributed by atoms with E-state index >= 15 is 0 Å². The van der Waals surface area contributed by atoms with E-state index in [1.54, 1.807) is 7.11 Å². The third-order valence-corrected chi connectivity index (χ3v) is 5.64. The smallest absolute Gasteiger partial charge is 0.293 e. The van der Waals surface area contributed by atoms with Gasteiger partial charge in [0.05, 0.1) is 18.1 Å². The summed E-state index contributed by atoms with van der Waals surface area (Å²) in [5, 5.41) is 9.77. The number of nitrogens with one attached hydrogen (secondary N) is 1. The van der Waals surface area contributed by atoms with E-state index in [2.05, 4.69) is 37.8 Å². The first-order valence-corrected chi connectivity index (χ1v) is 10.7. The normalized spacial score (nSPS) is 16.0. The van der Waals surface area contributed by atoms with Gasteiger partial charge in [0.15, 0.2) is 0 Å². The Balaban J connectivity index is 1.31. The summed E-state index contributed by atoms with van der Waals surface area (Å²) in [6.45, 7) is 2.90. The van der Waals surface area contributed by atoms with Gasteiger partial charge in [-0.2, -0.15) is 0 Å². The monoisotopic (exact) mass is 430 g/mol. The summed E-state index contributed by atoms with van der Waals surface area (Å²) in [4.78, 5) is 24.7. The van der Waals surface area contributed by atoms with Gasteiger partial charge in [0.1, 0.15) is 5.69 Å². The van der Waals surface area contributed by atoms with Gasteiger partial charge in [0.25, 0.3) is 5.56 Å². The van der Waals surface area contributed by atoms with Crippen molar-refractivity contribution in [3.05, 3.63) is 87.4 Å². The molecular weight excluding hydrogens is 404 g/mol. The Morgan fingerprint density at radius 1 is 1.12 bits per heavy atom. The average molecular weight is 431 g/mol. The van der Waals surface area contributed by atoms with Crippen LogP contribution in [0.1, 0.15) is 34.5 Å². The number of likely N-dealkylation sites (tertiary alicyclic amines) is 1. The molecule has 0 saturated carbocycles. The molecule has 1 unspecified atom stereocenters. The number of ether oxygens (including phenoxy) is 1. The molecule has 1 aliphatic heterocycles. The molecule has 4 rings (SSSR count). The highest BCUT2D eigenvalue weighted by Gasteiger charge is 2.21. The molecular formula is C25H26N4O3. The number of rotatable bonds is 6. The fourth-order valence-corrected chi connectivity index (χ4v) is 3.75. The predicted molar refractivity (Wildman–Crippen MR) is 121 cm³/mol. The first kappa shape index (κ1) is 21.8. The molecule has 2 N–H and O–H groups in total. The van der Waals surface area contributed by atoms with Crippen molar-refractivity contribution in [2.75, 3.05) is 20.2 Å². The van der Waals surface area contributed by atoms with Crippen LogP contribution in [0.3, 0.4) is 0 Å². The molecule has 7 nitrogen and oxygen atoms in total. The number of hydrogen-bond donors (Lipinski definition) is 2. The summed E-state index contributed by atoms with van der Waals surface area (Å²) in [7, 11) is 1.77. The molecule has 0 amide bonds. The first-order chi connectivity index (χ1) is 15.6. The molecule has 1 fully saturated rings. The largest absolute Gasteiger partial charge is 0.502 e. The highest BCUT2D eigenvalue weighted by Crippen LogP contribution is 2.15. The maximum Gasteiger partial charge on any atom is 0.293 e. The summed E-state index contributed by atoms with van der Waals surface area (Å²) >= 11 is 0. The number of nitrogens with zero attached hydrogens (tertiary/aromatic N) is 3. The predicted octanol–water partition coefficient (Wildman–Crippen LogP) is 2.28. The molecule has 164 valence electrons. The van der Waals surface area contributed by atoms with Gasteiger partial charge in [-0.1, -0.05) is 24.1 Å². The minimum Gasteiger partial charge on any atom is -0.502 e. The van der Waals surface area contributed by atoms with Gasteiger partial charge >= 0.3 is 0 Å². The Morgan fingerprint density at radius 2 is 1.94 bits per heavy atom.